The van der Waals surface area contributed by atoms with Crippen LogP contribution >= 0.6 is 0 Å². The minimum atomic E-state index is -0.883. The molecular formula is C26H20N2O6. The fourth-order valence-electron chi connectivity index (χ4n) is 3.38. The lowest BCUT2D eigenvalue weighted by atomic mass is 10.1. The third-order valence-electron chi connectivity index (χ3n) is 5.10. The van der Waals surface area contributed by atoms with Crippen LogP contribution in [0.25, 0.3) is 6.08 Å². The molecule has 170 valence electrons. The normalized spacial score (nSPS) is 14.7. The average molecular weight is 456 g/mol. The molecule has 0 aliphatic carbocycles. The molecule has 0 bridgehead atoms. The maximum absolute atomic E-state index is 13.2. The number of para-hydroxylation sites is 1. The fraction of sp³-hybridized carbons (Fsp3) is 0.0769. The van der Waals surface area contributed by atoms with Gasteiger partial charge in [-0.15, -0.1) is 0 Å². The van der Waals surface area contributed by atoms with Crippen molar-refractivity contribution >= 4 is 35.6 Å². The lowest BCUT2D eigenvalue weighted by molar-refractivity contribution is -0.122. The molecule has 34 heavy (non-hydrogen) atoms. The number of carbonyl (C=O) groups is 4. The molecule has 3 aromatic rings. The summed E-state index contributed by atoms with van der Waals surface area (Å²) < 4.78 is 10.6. The van der Waals surface area contributed by atoms with Crippen molar-refractivity contribution in [2.24, 2.45) is 0 Å². The Kier molecular flexibility index (Phi) is 6.49. The van der Waals surface area contributed by atoms with E-state index in [1.807, 2.05) is 30.3 Å². The van der Waals surface area contributed by atoms with Crippen molar-refractivity contribution in [3.63, 3.8) is 0 Å². The number of nitrogens with one attached hydrogen (secondary N) is 1. The number of anilines is 1. The largest absolute Gasteiger partial charge is 0.488 e. The van der Waals surface area contributed by atoms with Gasteiger partial charge in [0.1, 0.15) is 17.9 Å². The van der Waals surface area contributed by atoms with E-state index in [1.165, 1.54) is 37.5 Å². The number of methoxy groups -OCH3 is 1. The Labute approximate surface area is 195 Å². The van der Waals surface area contributed by atoms with E-state index in [0.29, 0.717) is 17.9 Å². The second-order valence-corrected chi connectivity index (χ2v) is 7.31. The third kappa shape index (κ3) is 4.71. The lowest BCUT2D eigenvalue weighted by Crippen LogP contribution is -2.54. The van der Waals surface area contributed by atoms with Crippen LogP contribution in [0.3, 0.4) is 0 Å². The number of nitrogens with zero attached hydrogens (tertiary/aromatic N) is 1. The SMILES string of the molecule is COC(=O)c1ccc(N2C(=O)NC(=O)/C(=C\c3ccccc3OCc3ccccc3)C2=O)cc1. The second kappa shape index (κ2) is 9.83. The molecule has 0 atom stereocenters. The summed E-state index contributed by atoms with van der Waals surface area (Å²) in [4.78, 5) is 50.6. The number of ether oxygens (including phenoxy) is 2. The molecule has 1 fully saturated rings. The first-order valence-corrected chi connectivity index (χ1v) is 10.3. The summed E-state index contributed by atoms with van der Waals surface area (Å²) in [5, 5.41) is 2.18. The molecule has 0 saturated carbocycles. The van der Waals surface area contributed by atoms with E-state index in [4.69, 9.17) is 4.74 Å². The molecule has 1 saturated heterocycles. The van der Waals surface area contributed by atoms with Gasteiger partial charge in [0.15, 0.2) is 0 Å². The summed E-state index contributed by atoms with van der Waals surface area (Å²) in [7, 11) is 1.25. The molecule has 0 spiro atoms. The van der Waals surface area contributed by atoms with Gasteiger partial charge in [0.05, 0.1) is 18.4 Å². The molecule has 1 aliphatic heterocycles. The van der Waals surface area contributed by atoms with E-state index in [0.717, 1.165) is 10.5 Å². The Morgan fingerprint density at radius 2 is 1.59 bits per heavy atom. The quantitative estimate of drug-likeness (QED) is 0.345. The van der Waals surface area contributed by atoms with Crippen LogP contribution < -0.4 is 15.0 Å². The molecule has 3 aromatic carbocycles. The number of carbonyl (C=O) groups excluding carboxylic acids is 4. The predicted molar refractivity (Wildman–Crippen MR) is 124 cm³/mol. The van der Waals surface area contributed by atoms with E-state index in [-0.39, 0.29) is 16.8 Å². The minimum absolute atomic E-state index is 0.196. The number of benzene rings is 3. The number of amides is 4. The first kappa shape index (κ1) is 22.5. The van der Waals surface area contributed by atoms with Crippen LogP contribution in [0.5, 0.6) is 5.75 Å². The van der Waals surface area contributed by atoms with Gasteiger partial charge >= 0.3 is 12.0 Å². The van der Waals surface area contributed by atoms with Crippen LogP contribution in [0.2, 0.25) is 0 Å². The van der Waals surface area contributed by atoms with E-state index in [1.54, 1.807) is 24.3 Å². The van der Waals surface area contributed by atoms with Gasteiger partial charge in [-0.1, -0.05) is 48.5 Å². The number of hydrogen-bond acceptors (Lipinski definition) is 6. The highest BCUT2D eigenvalue weighted by molar-refractivity contribution is 6.39. The zero-order valence-corrected chi connectivity index (χ0v) is 18.2. The number of rotatable bonds is 6. The maximum atomic E-state index is 13.2. The summed E-state index contributed by atoms with van der Waals surface area (Å²) in [6.45, 7) is 0.304. The van der Waals surface area contributed by atoms with Gasteiger partial charge in [-0.3, -0.25) is 14.9 Å². The van der Waals surface area contributed by atoms with E-state index in [9.17, 15) is 19.2 Å². The topological polar surface area (TPSA) is 102 Å². The van der Waals surface area contributed by atoms with Gasteiger partial charge < -0.3 is 9.47 Å². The number of esters is 1. The Morgan fingerprint density at radius 3 is 2.29 bits per heavy atom. The van der Waals surface area contributed by atoms with Crippen molar-refractivity contribution in [2.75, 3.05) is 12.0 Å². The van der Waals surface area contributed by atoms with Crippen LogP contribution in [0.1, 0.15) is 21.5 Å². The Hall–Kier alpha value is -4.72. The standard InChI is InChI=1S/C26H20N2O6/c1-33-25(31)18-11-13-20(14-12-18)28-24(30)21(23(29)27-26(28)32)15-19-9-5-6-10-22(19)34-16-17-7-3-2-4-8-17/h2-15H,16H2,1H3,(H,27,29,32)/b21-15+. The van der Waals surface area contributed by atoms with Crippen molar-refractivity contribution in [2.45, 2.75) is 6.61 Å². The third-order valence-corrected chi connectivity index (χ3v) is 5.10. The van der Waals surface area contributed by atoms with Crippen LogP contribution in [0.4, 0.5) is 10.5 Å². The molecule has 8 nitrogen and oxygen atoms in total. The highest BCUT2D eigenvalue weighted by atomic mass is 16.5. The van der Waals surface area contributed by atoms with Crippen molar-refractivity contribution in [1.82, 2.24) is 5.32 Å². The van der Waals surface area contributed by atoms with Gasteiger partial charge in [0, 0.05) is 5.56 Å². The molecular weight excluding hydrogens is 436 g/mol. The van der Waals surface area contributed by atoms with E-state index >= 15 is 0 Å². The number of urea groups is 1. The Balaban J connectivity index is 1.62. The molecule has 4 amide bonds. The van der Waals surface area contributed by atoms with Gasteiger partial charge in [-0.05, 0) is 42.0 Å². The van der Waals surface area contributed by atoms with Crippen LogP contribution in [-0.4, -0.2) is 30.9 Å². The summed E-state index contributed by atoms with van der Waals surface area (Å²) in [5.41, 5.74) is 1.69. The number of barbiturate groups is 1. The molecule has 0 aromatic heterocycles. The van der Waals surface area contributed by atoms with Crippen molar-refractivity contribution in [3.8, 4) is 5.75 Å². The summed E-state index contributed by atoms with van der Waals surface area (Å²) in [5.74, 6) is -1.68. The Morgan fingerprint density at radius 1 is 0.912 bits per heavy atom. The molecule has 1 N–H and O–H groups in total. The molecule has 0 radical (unpaired) electrons. The van der Waals surface area contributed by atoms with E-state index in [2.05, 4.69) is 10.1 Å². The average Bonchev–Trinajstić information content (AvgIpc) is 2.86. The van der Waals surface area contributed by atoms with E-state index < -0.39 is 23.8 Å². The zero-order valence-electron chi connectivity index (χ0n) is 18.2. The van der Waals surface area contributed by atoms with Gasteiger partial charge in [0.25, 0.3) is 11.8 Å². The smallest absolute Gasteiger partial charge is 0.337 e. The number of imide groups is 2. The summed E-state index contributed by atoms with van der Waals surface area (Å²) >= 11 is 0. The van der Waals surface area contributed by atoms with Crippen LogP contribution in [0, 0.1) is 0 Å². The maximum Gasteiger partial charge on any atom is 0.337 e. The monoisotopic (exact) mass is 456 g/mol. The number of hydrogen-bond donors (Lipinski definition) is 1. The first-order valence-electron chi connectivity index (χ1n) is 10.3. The lowest BCUT2D eigenvalue weighted by Gasteiger charge is -2.26. The molecule has 4 rings (SSSR count). The van der Waals surface area contributed by atoms with Crippen molar-refractivity contribution in [1.29, 1.82) is 0 Å². The second-order valence-electron chi connectivity index (χ2n) is 7.31. The highest BCUT2D eigenvalue weighted by Gasteiger charge is 2.37. The molecule has 1 aliphatic rings. The fourth-order valence-corrected chi connectivity index (χ4v) is 3.38. The van der Waals surface area contributed by atoms with Crippen LogP contribution in [0.15, 0.2) is 84.4 Å². The summed E-state index contributed by atoms with van der Waals surface area (Å²) in [6, 6.07) is 21.4. The highest BCUT2D eigenvalue weighted by Crippen LogP contribution is 2.26. The van der Waals surface area contributed by atoms with Crippen molar-refractivity contribution in [3.05, 3.63) is 101 Å². The van der Waals surface area contributed by atoms with Gasteiger partial charge in [-0.2, -0.15) is 0 Å². The molecule has 8 heteroatoms. The summed E-state index contributed by atoms with van der Waals surface area (Å²) in [6.07, 6.45) is 1.39. The molecule has 1 heterocycles. The Bertz CT molecular complexity index is 1280. The zero-order chi connectivity index (χ0) is 24.1. The van der Waals surface area contributed by atoms with Crippen molar-refractivity contribution < 1.29 is 28.7 Å². The molecule has 0 unspecified atom stereocenters. The minimum Gasteiger partial charge on any atom is -0.488 e. The van der Waals surface area contributed by atoms with Gasteiger partial charge in [0.2, 0.25) is 0 Å². The first-order chi connectivity index (χ1) is 16.5. The van der Waals surface area contributed by atoms with Crippen LogP contribution in [-0.2, 0) is 20.9 Å². The predicted octanol–water partition coefficient (Wildman–Crippen LogP) is 3.72. The van der Waals surface area contributed by atoms with Gasteiger partial charge in [-0.25, -0.2) is 14.5 Å².